The van der Waals surface area contributed by atoms with Gasteiger partial charge in [-0.25, -0.2) is 4.79 Å². The third kappa shape index (κ3) is 3.11. The molecule has 0 radical (unpaired) electrons. The first-order valence-electron chi connectivity index (χ1n) is 11.8. The van der Waals surface area contributed by atoms with Crippen molar-refractivity contribution in [3.63, 3.8) is 0 Å². The van der Waals surface area contributed by atoms with E-state index in [0.717, 1.165) is 49.4 Å². The predicted molar refractivity (Wildman–Crippen MR) is 122 cm³/mol. The molecule has 3 unspecified atom stereocenters. The molecule has 0 saturated carbocycles. The molecule has 1 aromatic carbocycles. The summed E-state index contributed by atoms with van der Waals surface area (Å²) >= 11 is 0. The van der Waals surface area contributed by atoms with Crippen LogP contribution in [0.2, 0.25) is 0 Å². The highest BCUT2D eigenvalue weighted by molar-refractivity contribution is 5.88. The van der Waals surface area contributed by atoms with E-state index in [0.29, 0.717) is 24.7 Å². The summed E-state index contributed by atoms with van der Waals surface area (Å²) in [6.45, 7) is 4.99. The van der Waals surface area contributed by atoms with Crippen LogP contribution in [-0.4, -0.2) is 70.3 Å². The SMILES string of the molecule is CC[C@@H]1CN2CCC34OCCOC3(Nc3cccc(OC)c34)C2C[C@@H]1/C(=C\OC)C(=O)OC. The Bertz CT molecular complexity index is 951. The van der Waals surface area contributed by atoms with Crippen LogP contribution in [0.25, 0.3) is 0 Å². The van der Waals surface area contributed by atoms with Crippen LogP contribution in [0.1, 0.15) is 31.7 Å². The summed E-state index contributed by atoms with van der Waals surface area (Å²) < 4.78 is 29.5. The molecule has 0 aromatic heterocycles. The summed E-state index contributed by atoms with van der Waals surface area (Å²) in [6.07, 6.45) is 4.06. The van der Waals surface area contributed by atoms with Crippen molar-refractivity contribution in [1.29, 1.82) is 0 Å². The van der Waals surface area contributed by atoms with Gasteiger partial charge in [0.15, 0.2) is 5.72 Å². The number of ether oxygens (including phenoxy) is 5. The molecule has 3 fully saturated rings. The molecular formula is C25H34N2O6. The summed E-state index contributed by atoms with van der Waals surface area (Å²) in [5.41, 5.74) is 1.22. The van der Waals surface area contributed by atoms with E-state index in [2.05, 4.69) is 23.2 Å². The van der Waals surface area contributed by atoms with Crippen molar-refractivity contribution < 1.29 is 28.5 Å². The van der Waals surface area contributed by atoms with E-state index in [4.69, 9.17) is 23.7 Å². The van der Waals surface area contributed by atoms with Gasteiger partial charge in [0.05, 0.1) is 58.0 Å². The Labute approximate surface area is 195 Å². The molecule has 4 heterocycles. The number of hydrogen-bond acceptors (Lipinski definition) is 8. The largest absolute Gasteiger partial charge is 0.504 e. The van der Waals surface area contributed by atoms with Crippen LogP contribution in [0, 0.1) is 11.8 Å². The lowest BCUT2D eigenvalue weighted by atomic mass is 9.67. The van der Waals surface area contributed by atoms with E-state index >= 15 is 0 Å². The molecule has 0 aliphatic carbocycles. The van der Waals surface area contributed by atoms with Crippen molar-refractivity contribution in [2.24, 2.45) is 11.8 Å². The fourth-order valence-corrected chi connectivity index (χ4v) is 6.73. The molecule has 8 nitrogen and oxygen atoms in total. The van der Waals surface area contributed by atoms with Gasteiger partial charge in [-0.1, -0.05) is 19.4 Å². The van der Waals surface area contributed by atoms with Crippen molar-refractivity contribution in [3.05, 3.63) is 35.6 Å². The second-order valence-electron chi connectivity index (χ2n) is 9.34. The third-order valence-corrected chi connectivity index (χ3v) is 8.10. The quantitative estimate of drug-likeness (QED) is 0.410. The van der Waals surface area contributed by atoms with Crippen LogP contribution < -0.4 is 10.1 Å². The number of piperidine rings is 2. The van der Waals surface area contributed by atoms with Gasteiger partial charge in [0, 0.05) is 18.8 Å². The molecule has 5 atom stereocenters. The first kappa shape index (κ1) is 22.5. The Hall–Kier alpha value is -2.29. The van der Waals surface area contributed by atoms with Crippen molar-refractivity contribution in [2.75, 3.05) is 52.9 Å². The Balaban J connectivity index is 1.60. The minimum atomic E-state index is -0.758. The molecular weight excluding hydrogens is 424 g/mol. The molecule has 180 valence electrons. The van der Waals surface area contributed by atoms with E-state index in [9.17, 15) is 4.79 Å². The Morgan fingerprint density at radius 2 is 2.09 bits per heavy atom. The van der Waals surface area contributed by atoms with Gasteiger partial charge in [-0.3, -0.25) is 4.90 Å². The van der Waals surface area contributed by atoms with Gasteiger partial charge in [0.1, 0.15) is 11.4 Å². The molecule has 8 heteroatoms. The average Bonchev–Trinajstić information content (AvgIpc) is 3.18. The van der Waals surface area contributed by atoms with E-state index in [-0.39, 0.29) is 17.9 Å². The van der Waals surface area contributed by atoms with Crippen LogP contribution in [0.15, 0.2) is 30.0 Å². The number of hydrogen-bond donors (Lipinski definition) is 1. The molecule has 5 rings (SSSR count). The minimum Gasteiger partial charge on any atom is -0.504 e. The van der Waals surface area contributed by atoms with Crippen LogP contribution in [-0.2, 0) is 29.3 Å². The van der Waals surface area contributed by atoms with Gasteiger partial charge in [-0.05, 0) is 36.8 Å². The highest BCUT2D eigenvalue weighted by atomic mass is 16.6. The molecule has 4 aliphatic heterocycles. The first-order chi connectivity index (χ1) is 16.0. The number of nitrogens with one attached hydrogen (secondary N) is 1. The molecule has 4 aliphatic rings. The number of carbonyl (C=O) groups is 1. The van der Waals surface area contributed by atoms with Crippen molar-refractivity contribution in [3.8, 4) is 5.75 Å². The summed E-state index contributed by atoms with van der Waals surface area (Å²) in [5, 5.41) is 3.75. The van der Waals surface area contributed by atoms with Gasteiger partial charge in [0.25, 0.3) is 0 Å². The molecule has 33 heavy (non-hydrogen) atoms. The maximum Gasteiger partial charge on any atom is 0.337 e. The van der Waals surface area contributed by atoms with Crippen molar-refractivity contribution in [2.45, 2.75) is 43.6 Å². The summed E-state index contributed by atoms with van der Waals surface area (Å²) in [6, 6.07) is 6.05. The van der Waals surface area contributed by atoms with Crippen molar-refractivity contribution in [1.82, 2.24) is 4.90 Å². The Morgan fingerprint density at radius 1 is 1.27 bits per heavy atom. The second kappa shape index (κ2) is 8.49. The summed E-state index contributed by atoms with van der Waals surface area (Å²) in [5.74, 6) is 0.785. The van der Waals surface area contributed by atoms with E-state index < -0.39 is 11.3 Å². The maximum absolute atomic E-state index is 12.7. The molecule has 1 aromatic rings. The van der Waals surface area contributed by atoms with Gasteiger partial charge in [-0.2, -0.15) is 0 Å². The Kier molecular flexibility index (Phi) is 5.79. The van der Waals surface area contributed by atoms with Crippen molar-refractivity contribution >= 4 is 11.7 Å². The third-order valence-electron chi connectivity index (χ3n) is 8.10. The number of fused-ring (bicyclic) bond motifs is 2. The van der Waals surface area contributed by atoms with Crippen LogP contribution in [0.3, 0.4) is 0 Å². The van der Waals surface area contributed by atoms with Crippen LogP contribution >= 0.6 is 0 Å². The first-order valence-corrected chi connectivity index (χ1v) is 11.8. The molecule has 0 spiro atoms. The maximum atomic E-state index is 12.7. The zero-order chi connectivity index (χ0) is 23.2. The standard InChI is InChI=1S/C25H34N2O6/c1-5-16-14-27-10-9-24-22-19(7-6-8-20(22)30-3)26-25(24,33-12-11-32-24)21(27)13-17(16)18(15-29-2)23(28)31-4/h6-8,15-17,21,26H,5,9-14H2,1-4H3/b18-15+/t16-,17+,21?,24?,25?/m1/s1. The Morgan fingerprint density at radius 3 is 2.82 bits per heavy atom. The minimum absolute atomic E-state index is 0.00127. The number of anilines is 1. The van der Waals surface area contributed by atoms with Gasteiger partial charge in [-0.15, -0.1) is 0 Å². The van der Waals surface area contributed by atoms with Crippen LogP contribution in [0.5, 0.6) is 5.75 Å². The number of esters is 1. The topological polar surface area (TPSA) is 78.5 Å². The zero-order valence-corrected chi connectivity index (χ0v) is 19.9. The molecule has 3 saturated heterocycles. The number of carbonyl (C=O) groups excluding carboxylic acids is 1. The second-order valence-corrected chi connectivity index (χ2v) is 9.34. The summed E-state index contributed by atoms with van der Waals surface area (Å²) in [7, 11) is 4.69. The fraction of sp³-hybridized carbons (Fsp3) is 0.640. The van der Waals surface area contributed by atoms with E-state index in [1.54, 1.807) is 20.5 Å². The smallest absolute Gasteiger partial charge is 0.337 e. The predicted octanol–water partition coefficient (Wildman–Crippen LogP) is 2.88. The zero-order valence-electron chi connectivity index (χ0n) is 19.9. The number of methoxy groups -OCH3 is 3. The average molecular weight is 459 g/mol. The van der Waals surface area contributed by atoms with Gasteiger partial charge < -0.3 is 29.0 Å². The summed E-state index contributed by atoms with van der Waals surface area (Å²) in [4.78, 5) is 15.2. The van der Waals surface area contributed by atoms with Gasteiger partial charge in [0.2, 0.25) is 0 Å². The monoisotopic (exact) mass is 458 g/mol. The highest BCUT2D eigenvalue weighted by Crippen LogP contribution is 2.61. The molecule has 1 N–H and O–H groups in total. The van der Waals surface area contributed by atoms with Gasteiger partial charge >= 0.3 is 5.97 Å². The highest BCUT2D eigenvalue weighted by Gasteiger charge is 2.70. The normalized spacial score (nSPS) is 35.4. The number of nitrogens with zero attached hydrogens (tertiary/aromatic N) is 1. The number of rotatable bonds is 5. The van der Waals surface area contributed by atoms with Crippen LogP contribution in [0.4, 0.5) is 5.69 Å². The molecule has 0 bridgehead atoms. The van der Waals surface area contributed by atoms with E-state index in [1.807, 2.05) is 12.1 Å². The lowest BCUT2D eigenvalue weighted by Crippen LogP contribution is -2.75. The lowest BCUT2D eigenvalue weighted by Gasteiger charge is -2.61. The lowest BCUT2D eigenvalue weighted by molar-refractivity contribution is -0.297. The number of benzene rings is 1. The fourth-order valence-electron chi connectivity index (χ4n) is 6.73. The van der Waals surface area contributed by atoms with E-state index in [1.165, 1.54) is 7.11 Å². The molecule has 0 amide bonds.